The molecule has 1 N–H and O–H groups in total. The average Bonchev–Trinajstić information content (AvgIpc) is 3.01. The van der Waals surface area contributed by atoms with Crippen LogP contribution in [0, 0.1) is 5.92 Å². The fourth-order valence-corrected chi connectivity index (χ4v) is 3.98. The molecule has 4 heteroatoms. The van der Waals surface area contributed by atoms with Gasteiger partial charge in [-0.2, -0.15) is 11.8 Å². The van der Waals surface area contributed by atoms with Crippen LogP contribution >= 0.6 is 11.8 Å². The topological polar surface area (TPSA) is 30.5 Å². The van der Waals surface area contributed by atoms with Crippen molar-refractivity contribution in [2.24, 2.45) is 5.92 Å². The fourth-order valence-electron chi connectivity index (χ4n) is 2.68. The number of benzene rings is 1. The predicted octanol–water partition coefficient (Wildman–Crippen LogP) is 3.50. The Kier molecular flexibility index (Phi) is 6.05. The molecule has 1 fully saturated rings. The maximum Gasteiger partial charge on any atom is 0.122 e. The van der Waals surface area contributed by atoms with E-state index in [9.17, 15) is 0 Å². The van der Waals surface area contributed by atoms with E-state index in [2.05, 4.69) is 36.1 Å². The van der Waals surface area contributed by atoms with E-state index in [1.54, 1.807) is 14.2 Å². The molecule has 1 aromatic rings. The summed E-state index contributed by atoms with van der Waals surface area (Å²) >= 11 is 2.06. The Hall–Kier alpha value is -0.870. The lowest BCUT2D eigenvalue weighted by Crippen LogP contribution is -2.29. The molecule has 2 atom stereocenters. The van der Waals surface area contributed by atoms with E-state index in [0.29, 0.717) is 12.0 Å². The van der Waals surface area contributed by atoms with Gasteiger partial charge in [-0.05, 0) is 54.5 Å². The van der Waals surface area contributed by atoms with E-state index >= 15 is 0 Å². The molecule has 3 nitrogen and oxygen atoms in total. The van der Waals surface area contributed by atoms with Gasteiger partial charge in [0.2, 0.25) is 0 Å². The first-order chi connectivity index (χ1) is 9.78. The number of thioether (sulfide) groups is 1. The molecule has 0 radical (unpaired) electrons. The molecule has 2 unspecified atom stereocenters. The van der Waals surface area contributed by atoms with E-state index in [-0.39, 0.29) is 0 Å². The monoisotopic (exact) mass is 295 g/mol. The fraction of sp³-hybridized carbons (Fsp3) is 0.625. The van der Waals surface area contributed by atoms with Gasteiger partial charge in [-0.25, -0.2) is 0 Å². The summed E-state index contributed by atoms with van der Waals surface area (Å²) in [6.07, 6.45) is 2.43. The molecule has 1 aliphatic rings. The van der Waals surface area contributed by atoms with Crippen molar-refractivity contribution in [3.8, 4) is 11.5 Å². The molecular weight excluding hydrogens is 270 g/mol. The highest BCUT2D eigenvalue weighted by Crippen LogP contribution is 2.36. The molecule has 1 saturated heterocycles. The van der Waals surface area contributed by atoms with Crippen LogP contribution in [0.4, 0.5) is 0 Å². The van der Waals surface area contributed by atoms with Crippen LogP contribution in [0.3, 0.4) is 0 Å². The zero-order chi connectivity index (χ0) is 14.4. The second-order valence-electron chi connectivity index (χ2n) is 5.20. The van der Waals surface area contributed by atoms with E-state index in [1.807, 2.05) is 6.07 Å². The van der Waals surface area contributed by atoms with Crippen molar-refractivity contribution in [1.29, 1.82) is 0 Å². The lowest BCUT2D eigenvalue weighted by Gasteiger charge is -2.25. The summed E-state index contributed by atoms with van der Waals surface area (Å²) in [5.41, 5.74) is 1.28. The lowest BCUT2D eigenvalue weighted by atomic mass is 9.92. The highest BCUT2D eigenvalue weighted by atomic mass is 32.2. The second-order valence-corrected chi connectivity index (χ2v) is 6.35. The molecule has 1 aliphatic heterocycles. The van der Waals surface area contributed by atoms with Crippen LogP contribution in [-0.4, -0.2) is 32.3 Å². The van der Waals surface area contributed by atoms with Gasteiger partial charge < -0.3 is 14.8 Å². The third-order valence-corrected chi connectivity index (χ3v) is 4.97. The molecule has 1 heterocycles. The summed E-state index contributed by atoms with van der Waals surface area (Å²) < 4.78 is 10.8. The van der Waals surface area contributed by atoms with Crippen LogP contribution < -0.4 is 14.8 Å². The smallest absolute Gasteiger partial charge is 0.122 e. The standard InChI is InChI=1S/C16H25NO2S/c1-4-6-17-16(12-5-7-20-11-12)13-8-14(18-2)10-15(9-13)19-3/h8-10,12,16-17H,4-7,11H2,1-3H3. The van der Waals surface area contributed by atoms with E-state index in [0.717, 1.165) is 24.5 Å². The van der Waals surface area contributed by atoms with E-state index < -0.39 is 0 Å². The van der Waals surface area contributed by atoms with Gasteiger partial charge in [-0.1, -0.05) is 6.92 Å². The maximum atomic E-state index is 5.40. The number of methoxy groups -OCH3 is 2. The van der Waals surface area contributed by atoms with Crippen LogP contribution in [0.1, 0.15) is 31.4 Å². The zero-order valence-corrected chi connectivity index (χ0v) is 13.5. The minimum atomic E-state index is 0.397. The quantitative estimate of drug-likeness (QED) is 0.834. The Morgan fingerprint density at radius 2 is 1.95 bits per heavy atom. The number of ether oxygens (including phenoxy) is 2. The number of rotatable bonds is 7. The molecule has 112 valence electrons. The van der Waals surface area contributed by atoms with Crippen LogP contribution in [0.5, 0.6) is 11.5 Å². The van der Waals surface area contributed by atoms with Crippen molar-refractivity contribution in [2.75, 3.05) is 32.3 Å². The first-order valence-electron chi connectivity index (χ1n) is 7.32. The van der Waals surface area contributed by atoms with Crippen molar-refractivity contribution >= 4 is 11.8 Å². The molecule has 0 bridgehead atoms. The molecule has 0 aliphatic carbocycles. The maximum absolute atomic E-state index is 5.40. The summed E-state index contributed by atoms with van der Waals surface area (Å²) in [5, 5.41) is 3.71. The van der Waals surface area contributed by atoms with Crippen LogP contribution in [0.2, 0.25) is 0 Å². The Balaban J connectivity index is 2.25. The third-order valence-electron chi connectivity index (χ3n) is 3.78. The highest BCUT2D eigenvalue weighted by Gasteiger charge is 2.27. The van der Waals surface area contributed by atoms with E-state index in [4.69, 9.17) is 9.47 Å². The molecule has 0 aromatic heterocycles. The van der Waals surface area contributed by atoms with Gasteiger partial charge >= 0.3 is 0 Å². The first-order valence-corrected chi connectivity index (χ1v) is 8.48. The van der Waals surface area contributed by atoms with Gasteiger partial charge in [-0.3, -0.25) is 0 Å². The summed E-state index contributed by atoms with van der Waals surface area (Å²) in [6, 6.07) is 6.61. The van der Waals surface area contributed by atoms with Gasteiger partial charge in [0.15, 0.2) is 0 Å². The van der Waals surface area contributed by atoms with Crippen molar-refractivity contribution in [1.82, 2.24) is 5.32 Å². The van der Waals surface area contributed by atoms with Crippen molar-refractivity contribution in [2.45, 2.75) is 25.8 Å². The Bertz CT molecular complexity index is 397. The van der Waals surface area contributed by atoms with Gasteiger partial charge in [0, 0.05) is 12.1 Å². The van der Waals surface area contributed by atoms with E-state index in [1.165, 1.54) is 23.5 Å². The number of hydrogen-bond donors (Lipinski definition) is 1. The summed E-state index contributed by atoms with van der Waals surface area (Å²) in [7, 11) is 3.41. The number of nitrogens with one attached hydrogen (secondary N) is 1. The molecule has 20 heavy (non-hydrogen) atoms. The van der Waals surface area contributed by atoms with Crippen LogP contribution in [0.25, 0.3) is 0 Å². The Morgan fingerprint density at radius 1 is 1.25 bits per heavy atom. The van der Waals surface area contributed by atoms with Gasteiger partial charge in [0.05, 0.1) is 14.2 Å². The molecule has 0 spiro atoms. The highest BCUT2D eigenvalue weighted by molar-refractivity contribution is 7.99. The molecule has 0 saturated carbocycles. The molecular formula is C16H25NO2S. The normalized spacial score (nSPS) is 19.9. The van der Waals surface area contributed by atoms with Crippen molar-refractivity contribution in [3.05, 3.63) is 23.8 Å². The molecule has 0 amide bonds. The van der Waals surface area contributed by atoms with Gasteiger partial charge in [-0.15, -0.1) is 0 Å². The minimum absolute atomic E-state index is 0.397. The second kappa shape index (κ2) is 7.79. The first kappa shape index (κ1) is 15.5. The Morgan fingerprint density at radius 3 is 2.45 bits per heavy atom. The average molecular weight is 295 g/mol. The largest absolute Gasteiger partial charge is 0.497 e. The number of hydrogen-bond acceptors (Lipinski definition) is 4. The zero-order valence-electron chi connectivity index (χ0n) is 12.6. The van der Waals surface area contributed by atoms with Crippen LogP contribution in [0.15, 0.2) is 18.2 Å². The SMILES string of the molecule is CCCNC(c1cc(OC)cc(OC)c1)C1CCSC1. The molecule has 1 aromatic carbocycles. The molecule has 2 rings (SSSR count). The van der Waals surface area contributed by atoms with Crippen molar-refractivity contribution in [3.63, 3.8) is 0 Å². The van der Waals surface area contributed by atoms with Crippen LogP contribution in [-0.2, 0) is 0 Å². The predicted molar refractivity (Wildman–Crippen MR) is 86.0 cm³/mol. The van der Waals surface area contributed by atoms with Crippen molar-refractivity contribution < 1.29 is 9.47 Å². The Labute approximate surface area is 126 Å². The lowest BCUT2D eigenvalue weighted by molar-refractivity contribution is 0.375. The van der Waals surface area contributed by atoms with Gasteiger partial charge in [0.1, 0.15) is 11.5 Å². The summed E-state index contributed by atoms with van der Waals surface area (Å²) in [5.74, 6) is 4.95. The third kappa shape index (κ3) is 3.83. The summed E-state index contributed by atoms with van der Waals surface area (Å²) in [4.78, 5) is 0. The van der Waals surface area contributed by atoms with Gasteiger partial charge in [0.25, 0.3) is 0 Å². The minimum Gasteiger partial charge on any atom is -0.497 e. The summed E-state index contributed by atoms with van der Waals surface area (Å²) in [6.45, 7) is 3.25.